The molecule has 3 heterocycles. The molecule has 1 amide bonds. The fourth-order valence-corrected chi connectivity index (χ4v) is 2.92. The summed E-state index contributed by atoms with van der Waals surface area (Å²) in [5, 5.41) is 6.75. The van der Waals surface area contributed by atoms with Crippen molar-refractivity contribution >= 4 is 5.91 Å². The van der Waals surface area contributed by atoms with Gasteiger partial charge in [-0.1, -0.05) is 0 Å². The number of amides is 1. The summed E-state index contributed by atoms with van der Waals surface area (Å²) in [5.41, 5.74) is 1.99. The van der Waals surface area contributed by atoms with Crippen LogP contribution in [0.5, 0.6) is 0 Å². The SMILES string of the molecule is Cc1ccoc1CN(C)C(=O)[C@@H]1CCCO[C@H]1c1cn[nH]c1. The number of carbonyl (C=O) groups excluding carboxylic acids is 1. The van der Waals surface area contributed by atoms with Crippen molar-refractivity contribution in [2.24, 2.45) is 5.92 Å². The van der Waals surface area contributed by atoms with Crippen molar-refractivity contribution in [3.63, 3.8) is 0 Å². The van der Waals surface area contributed by atoms with Gasteiger partial charge < -0.3 is 14.1 Å². The second kappa shape index (κ2) is 6.36. The number of rotatable bonds is 4. The van der Waals surface area contributed by atoms with Crippen molar-refractivity contribution in [1.29, 1.82) is 0 Å². The molecular weight excluding hydrogens is 282 g/mol. The van der Waals surface area contributed by atoms with E-state index < -0.39 is 0 Å². The van der Waals surface area contributed by atoms with Gasteiger partial charge in [0, 0.05) is 25.4 Å². The van der Waals surface area contributed by atoms with E-state index in [4.69, 9.17) is 9.15 Å². The molecule has 3 rings (SSSR count). The van der Waals surface area contributed by atoms with E-state index in [2.05, 4.69) is 10.2 Å². The summed E-state index contributed by atoms with van der Waals surface area (Å²) in [5.74, 6) is 0.737. The molecular formula is C16H21N3O3. The topological polar surface area (TPSA) is 71.4 Å². The molecule has 0 bridgehead atoms. The molecule has 1 N–H and O–H groups in total. The first-order chi connectivity index (χ1) is 10.7. The molecule has 0 spiro atoms. The van der Waals surface area contributed by atoms with E-state index in [1.165, 1.54) is 0 Å². The number of ether oxygens (including phenoxy) is 1. The molecule has 6 heteroatoms. The van der Waals surface area contributed by atoms with E-state index in [-0.39, 0.29) is 17.9 Å². The molecule has 6 nitrogen and oxygen atoms in total. The van der Waals surface area contributed by atoms with Gasteiger partial charge in [-0.25, -0.2) is 0 Å². The second-order valence-corrected chi connectivity index (χ2v) is 5.79. The fraction of sp³-hybridized carbons (Fsp3) is 0.500. The average molecular weight is 303 g/mol. The first kappa shape index (κ1) is 14.8. The molecule has 1 aliphatic rings. The van der Waals surface area contributed by atoms with Crippen molar-refractivity contribution in [1.82, 2.24) is 15.1 Å². The predicted octanol–water partition coefficient (Wildman–Crippen LogP) is 2.44. The molecule has 0 radical (unpaired) electrons. The second-order valence-electron chi connectivity index (χ2n) is 5.79. The minimum absolute atomic E-state index is 0.0849. The van der Waals surface area contributed by atoms with E-state index in [9.17, 15) is 4.79 Å². The van der Waals surface area contributed by atoms with Crippen molar-refractivity contribution < 1.29 is 13.9 Å². The summed E-state index contributed by atoms with van der Waals surface area (Å²) in [6.45, 7) is 3.14. The van der Waals surface area contributed by atoms with Crippen LogP contribution < -0.4 is 0 Å². The van der Waals surface area contributed by atoms with Gasteiger partial charge in [-0.3, -0.25) is 9.89 Å². The lowest BCUT2D eigenvalue weighted by atomic mass is 9.89. The summed E-state index contributed by atoms with van der Waals surface area (Å²) in [6.07, 6.45) is 6.69. The van der Waals surface area contributed by atoms with Gasteiger partial charge in [-0.2, -0.15) is 5.10 Å². The molecule has 0 saturated carbocycles. The van der Waals surface area contributed by atoms with E-state index in [0.717, 1.165) is 29.7 Å². The minimum Gasteiger partial charge on any atom is -0.467 e. The Morgan fingerprint density at radius 2 is 2.41 bits per heavy atom. The normalized spacial score (nSPS) is 21.7. The predicted molar refractivity (Wildman–Crippen MR) is 79.9 cm³/mol. The quantitative estimate of drug-likeness (QED) is 0.941. The van der Waals surface area contributed by atoms with Gasteiger partial charge in [-0.15, -0.1) is 0 Å². The Hall–Kier alpha value is -2.08. The fourth-order valence-electron chi connectivity index (χ4n) is 2.92. The Kier molecular flexibility index (Phi) is 4.29. The van der Waals surface area contributed by atoms with Crippen LogP contribution in [0.4, 0.5) is 0 Å². The molecule has 2 aromatic heterocycles. The number of hydrogen-bond donors (Lipinski definition) is 1. The van der Waals surface area contributed by atoms with Crippen LogP contribution in [0.2, 0.25) is 0 Å². The summed E-state index contributed by atoms with van der Waals surface area (Å²) in [6, 6.07) is 1.91. The van der Waals surface area contributed by atoms with Crippen LogP contribution in [-0.2, 0) is 16.1 Å². The van der Waals surface area contributed by atoms with Crippen molar-refractivity contribution in [3.05, 3.63) is 41.6 Å². The number of aromatic nitrogens is 2. The van der Waals surface area contributed by atoms with E-state index in [1.54, 1.807) is 23.6 Å². The first-order valence-corrected chi connectivity index (χ1v) is 7.55. The maximum Gasteiger partial charge on any atom is 0.228 e. The van der Waals surface area contributed by atoms with Crippen LogP contribution in [0.15, 0.2) is 29.1 Å². The van der Waals surface area contributed by atoms with E-state index >= 15 is 0 Å². The van der Waals surface area contributed by atoms with Crippen LogP contribution in [0, 0.1) is 12.8 Å². The summed E-state index contributed by atoms with van der Waals surface area (Å²) < 4.78 is 11.3. The average Bonchev–Trinajstić information content (AvgIpc) is 3.19. The molecule has 1 saturated heterocycles. The zero-order valence-electron chi connectivity index (χ0n) is 12.9. The Balaban J connectivity index is 1.73. The highest BCUT2D eigenvalue weighted by molar-refractivity contribution is 5.79. The highest BCUT2D eigenvalue weighted by Crippen LogP contribution is 2.34. The zero-order valence-corrected chi connectivity index (χ0v) is 12.9. The standard InChI is InChI=1S/C16H21N3O3/c1-11-5-7-21-14(11)10-19(2)16(20)13-4-3-6-22-15(13)12-8-17-18-9-12/h5,7-9,13,15H,3-4,6,10H2,1-2H3,(H,17,18)/t13-,15+/m1/s1. The van der Waals surface area contributed by atoms with Gasteiger partial charge in [0.05, 0.1) is 31.0 Å². The number of nitrogens with zero attached hydrogens (tertiary/aromatic N) is 2. The summed E-state index contributed by atoms with van der Waals surface area (Å²) >= 11 is 0. The third-order valence-electron chi connectivity index (χ3n) is 4.21. The lowest BCUT2D eigenvalue weighted by Gasteiger charge is -2.32. The maximum atomic E-state index is 12.8. The smallest absolute Gasteiger partial charge is 0.228 e. The molecule has 0 aromatic carbocycles. The van der Waals surface area contributed by atoms with Crippen LogP contribution >= 0.6 is 0 Å². The molecule has 22 heavy (non-hydrogen) atoms. The van der Waals surface area contributed by atoms with Gasteiger partial charge in [0.15, 0.2) is 0 Å². The summed E-state index contributed by atoms with van der Waals surface area (Å²) in [4.78, 5) is 14.5. The number of H-pyrrole nitrogens is 1. The highest BCUT2D eigenvalue weighted by atomic mass is 16.5. The molecule has 118 valence electrons. The third kappa shape index (κ3) is 2.92. The Morgan fingerprint density at radius 1 is 1.55 bits per heavy atom. The number of nitrogens with one attached hydrogen (secondary N) is 1. The molecule has 1 aliphatic heterocycles. The van der Waals surface area contributed by atoms with Gasteiger partial charge in [-0.05, 0) is 31.4 Å². The lowest BCUT2D eigenvalue weighted by molar-refractivity contribution is -0.145. The molecule has 0 unspecified atom stereocenters. The van der Waals surface area contributed by atoms with Crippen LogP contribution in [0.1, 0.15) is 35.8 Å². The third-order valence-corrected chi connectivity index (χ3v) is 4.21. The van der Waals surface area contributed by atoms with Crippen molar-refractivity contribution in [2.75, 3.05) is 13.7 Å². The van der Waals surface area contributed by atoms with Gasteiger partial charge in [0.25, 0.3) is 0 Å². The lowest BCUT2D eigenvalue weighted by Crippen LogP contribution is -2.38. The van der Waals surface area contributed by atoms with Crippen LogP contribution in [-0.4, -0.2) is 34.7 Å². The number of carbonyl (C=O) groups is 1. The number of hydrogen-bond acceptors (Lipinski definition) is 4. The summed E-state index contributed by atoms with van der Waals surface area (Å²) in [7, 11) is 1.81. The number of furan rings is 1. The van der Waals surface area contributed by atoms with Gasteiger partial charge >= 0.3 is 0 Å². The molecule has 2 atom stereocenters. The molecule has 1 fully saturated rings. The van der Waals surface area contributed by atoms with Gasteiger partial charge in [0.2, 0.25) is 5.91 Å². The maximum absolute atomic E-state index is 12.8. The van der Waals surface area contributed by atoms with E-state index in [1.807, 2.05) is 20.0 Å². The number of aromatic amines is 1. The van der Waals surface area contributed by atoms with Crippen molar-refractivity contribution in [3.8, 4) is 0 Å². The number of aryl methyl sites for hydroxylation is 1. The Morgan fingerprint density at radius 3 is 3.09 bits per heavy atom. The highest BCUT2D eigenvalue weighted by Gasteiger charge is 2.35. The Bertz CT molecular complexity index is 620. The minimum atomic E-state index is -0.222. The van der Waals surface area contributed by atoms with Crippen LogP contribution in [0.3, 0.4) is 0 Å². The Labute approximate surface area is 129 Å². The first-order valence-electron chi connectivity index (χ1n) is 7.55. The zero-order chi connectivity index (χ0) is 15.5. The van der Waals surface area contributed by atoms with Crippen LogP contribution in [0.25, 0.3) is 0 Å². The van der Waals surface area contributed by atoms with Gasteiger partial charge in [0.1, 0.15) is 5.76 Å². The monoisotopic (exact) mass is 303 g/mol. The van der Waals surface area contributed by atoms with E-state index in [0.29, 0.717) is 13.2 Å². The molecule has 2 aromatic rings. The largest absolute Gasteiger partial charge is 0.467 e. The van der Waals surface area contributed by atoms with Crippen molar-refractivity contribution in [2.45, 2.75) is 32.4 Å². The molecule has 0 aliphatic carbocycles.